The van der Waals surface area contributed by atoms with E-state index in [1.807, 2.05) is 13.0 Å². The lowest BCUT2D eigenvalue weighted by atomic mass is 10.2. The maximum atomic E-state index is 12.3. The van der Waals surface area contributed by atoms with Gasteiger partial charge in [0.05, 0.1) is 17.0 Å². The van der Waals surface area contributed by atoms with Gasteiger partial charge in [-0.2, -0.15) is 4.68 Å². The number of nitro groups is 1. The van der Waals surface area contributed by atoms with Crippen LogP contribution in [0, 0.1) is 10.1 Å². The third-order valence-electron chi connectivity index (χ3n) is 4.83. The van der Waals surface area contributed by atoms with Crippen LogP contribution in [0.5, 0.6) is 5.75 Å². The maximum Gasteiger partial charge on any atom is 0.333 e. The van der Waals surface area contributed by atoms with E-state index in [0.29, 0.717) is 34.8 Å². The number of rotatable bonds is 9. The van der Waals surface area contributed by atoms with Crippen LogP contribution in [-0.2, 0) is 0 Å². The van der Waals surface area contributed by atoms with Crippen molar-refractivity contribution < 1.29 is 9.66 Å². The summed E-state index contributed by atoms with van der Waals surface area (Å²) in [5.41, 5.74) is 1.75. The summed E-state index contributed by atoms with van der Waals surface area (Å²) in [7, 11) is 0. The van der Waals surface area contributed by atoms with E-state index in [1.54, 1.807) is 72.8 Å². The van der Waals surface area contributed by atoms with Gasteiger partial charge in [0.15, 0.2) is 5.03 Å². The summed E-state index contributed by atoms with van der Waals surface area (Å²) < 4.78 is 6.80. The maximum absolute atomic E-state index is 12.3. The van der Waals surface area contributed by atoms with Gasteiger partial charge >= 0.3 is 5.70 Å². The molecule has 0 saturated heterocycles. The first kappa shape index (κ1) is 24.1. The molecule has 1 aromatic heterocycles. The molecular weight excluding hydrogens is 491 g/mol. The van der Waals surface area contributed by atoms with Gasteiger partial charge in [-0.3, -0.25) is 10.1 Å². The van der Waals surface area contributed by atoms with E-state index < -0.39 is 10.6 Å². The van der Waals surface area contributed by atoms with Crippen molar-refractivity contribution in [1.82, 2.24) is 15.0 Å². The number of nitrogens with one attached hydrogen (secondary N) is 2. The van der Waals surface area contributed by atoms with Gasteiger partial charge in [0.25, 0.3) is 0 Å². The van der Waals surface area contributed by atoms with E-state index in [9.17, 15) is 10.1 Å². The average molecular weight is 511 g/mol. The number of nitrogens with zero attached hydrogens (tertiary/aromatic N) is 4. The summed E-state index contributed by atoms with van der Waals surface area (Å²) in [4.78, 5) is 11.7. The molecule has 4 aromatic rings. The molecule has 0 fully saturated rings. The highest BCUT2D eigenvalue weighted by molar-refractivity contribution is 6.41. The number of fused-ring (bicyclic) bond motifs is 1. The molecule has 0 unspecified atom stereocenters. The summed E-state index contributed by atoms with van der Waals surface area (Å²) in [5.74, 6) is 0.628. The zero-order valence-electron chi connectivity index (χ0n) is 18.5. The second-order valence-corrected chi connectivity index (χ2v) is 7.90. The fourth-order valence-electron chi connectivity index (χ4n) is 3.26. The van der Waals surface area contributed by atoms with Crippen LogP contribution >= 0.6 is 23.2 Å². The average Bonchev–Trinajstić information content (AvgIpc) is 3.29. The van der Waals surface area contributed by atoms with E-state index in [0.717, 1.165) is 0 Å². The Morgan fingerprint density at radius 2 is 1.63 bits per heavy atom. The molecule has 0 aliphatic carbocycles. The van der Waals surface area contributed by atoms with Gasteiger partial charge in [-0.1, -0.05) is 58.7 Å². The number of allylic oxidation sites excluding steroid dienone is 1. The van der Waals surface area contributed by atoms with E-state index in [-0.39, 0.29) is 16.0 Å². The molecule has 0 amide bonds. The minimum atomic E-state index is -0.620. The van der Waals surface area contributed by atoms with Gasteiger partial charge < -0.3 is 15.4 Å². The summed E-state index contributed by atoms with van der Waals surface area (Å²) in [6, 6.07) is 23.0. The fourth-order valence-corrected chi connectivity index (χ4v) is 3.67. The minimum Gasteiger partial charge on any atom is -0.494 e. The quantitative estimate of drug-likeness (QED) is 0.121. The van der Waals surface area contributed by atoms with Crippen molar-refractivity contribution in [2.75, 3.05) is 17.2 Å². The first-order chi connectivity index (χ1) is 17.0. The Morgan fingerprint density at radius 3 is 2.31 bits per heavy atom. The highest BCUT2D eigenvalue weighted by Gasteiger charge is 2.29. The Labute approximate surface area is 210 Å². The monoisotopic (exact) mass is 510 g/mol. The molecule has 35 heavy (non-hydrogen) atoms. The van der Waals surface area contributed by atoms with Gasteiger partial charge in [0.1, 0.15) is 16.4 Å². The molecule has 11 heteroatoms. The Bertz CT molecular complexity index is 1400. The topological polar surface area (TPSA) is 107 Å². The number of ether oxygens (including phenoxy) is 1. The van der Waals surface area contributed by atoms with Crippen molar-refractivity contribution in [3.8, 4) is 5.75 Å². The zero-order chi connectivity index (χ0) is 24.8. The summed E-state index contributed by atoms with van der Waals surface area (Å²) in [5, 5.41) is 26.1. The smallest absolute Gasteiger partial charge is 0.333 e. The Morgan fingerprint density at radius 1 is 0.971 bits per heavy atom. The summed E-state index contributed by atoms with van der Waals surface area (Å²) >= 11 is 12.9. The predicted molar refractivity (Wildman–Crippen MR) is 138 cm³/mol. The molecule has 4 rings (SSSR count). The Hall–Kier alpha value is -4.08. The number of para-hydroxylation sites is 2. The van der Waals surface area contributed by atoms with Crippen LogP contribution in [0.25, 0.3) is 16.9 Å². The van der Waals surface area contributed by atoms with Crippen molar-refractivity contribution in [1.29, 1.82) is 0 Å². The molecule has 0 aliphatic heterocycles. The van der Waals surface area contributed by atoms with Gasteiger partial charge in [0, 0.05) is 11.4 Å². The lowest BCUT2D eigenvalue weighted by molar-refractivity contribution is -0.419. The number of benzene rings is 3. The molecule has 178 valence electrons. The van der Waals surface area contributed by atoms with Crippen LogP contribution in [0.3, 0.4) is 0 Å². The third kappa shape index (κ3) is 5.53. The Kier molecular flexibility index (Phi) is 7.49. The van der Waals surface area contributed by atoms with E-state index in [4.69, 9.17) is 27.9 Å². The molecule has 2 N–H and O–H groups in total. The molecule has 9 nitrogen and oxygen atoms in total. The van der Waals surface area contributed by atoms with Gasteiger partial charge in [-0.25, -0.2) is 0 Å². The summed E-state index contributed by atoms with van der Waals surface area (Å²) in [6.07, 6.45) is 0. The minimum absolute atomic E-state index is 0.0362. The molecule has 0 radical (unpaired) electrons. The van der Waals surface area contributed by atoms with Gasteiger partial charge in [-0.05, 0) is 55.5 Å². The van der Waals surface area contributed by atoms with Crippen LogP contribution in [0.15, 0.2) is 94.7 Å². The lowest BCUT2D eigenvalue weighted by Crippen LogP contribution is -2.17. The van der Waals surface area contributed by atoms with Crippen molar-refractivity contribution in [2.45, 2.75) is 6.92 Å². The number of hydrogen-bond acceptors (Lipinski definition) is 7. The zero-order valence-corrected chi connectivity index (χ0v) is 20.0. The van der Waals surface area contributed by atoms with Gasteiger partial charge in [0.2, 0.25) is 5.82 Å². The number of hydrogen-bond donors (Lipinski definition) is 2. The number of anilines is 2. The second kappa shape index (κ2) is 10.9. The van der Waals surface area contributed by atoms with E-state index in [2.05, 4.69) is 20.9 Å². The standard InChI is InChI=1S/C24H20Cl2N6O3/c1-2-35-18-14-12-17(13-15-18)28-24(31-20-11-7-6-10-19(20)29-30-31)22(32(33)34)21(25)23(26)27-16-8-4-3-5-9-16/h3-15,27-28H,2H2,1H3/b23-21+,24-22+. The molecule has 0 aliphatic rings. The van der Waals surface area contributed by atoms with E-state index in [1.165, 1.54) is 4.68 Å². The summed E-state index contributed by atoms with van der Waals surface area (Å²) in [6.45, 7) is 2.40. The molecule has 0 atom stereocenters. The molecule has 0 bridgehead atoms. The first-order valence-corrected chi connectivity index (χ1v) is 11.3. The Balaban J connectivity index is 1.86. The van der Waals surface area contributed by atoms with Crippen LogP contribution < -0.4 is 15.4 Å². The largest absolute Gasteiger partial charge is 0.494 e. The highest BCUT2D eigenvalue weighted by Crippen LogP contribution is 2.31. The van der Waals surface area contributed by atoms with Crippen LogP contribution in [0.4, 0.5) is 11.4 Å². The van der Waals surface area contributed by atoms with E-state index >= 15 is 0 Å². The van der Waals surface area contributed by atoms with Crippen molar-refractivity contribution in [3.63, 3.8) is 0 Å². The molecule has 0 spiro atoms. The SMILES string of the molecule is CCOc1ccc(N/C(=C(/C(Cl)=C(/Cl)Nc2ccccc2)[N+](=O)[O-])n2nnc3ccccc32)cc1. The third-order valence-corrected chi connectivity index (χ3v) is 5.58. The normalized spacial score (nSPS) is 12.5. The lowest BCUT2D eigenvalue weighted by Gasteiger charge is -2.14. The molecule has 0 saturated carbocycles. The molecule has 3 aromatic carbocycles. The van der Waals surface area contributed by atoms with Crippen LogP contribution in [0.1, 0.15) is 6.92 Å². The molecular formula is C24H20Cl2N6O3. The second-order valence-electron chi connectivity index (χ2n) is 7.15. The van der Waals surface area contributed by atoms with Gasteiger partial charge in [-0.15, -0.1) is 5.10 Å². The number of aromatic nitrogens is 3. The highest BCUT2D eigenvalue weighted by atomic mass is 35.5. The first-order valence-electron chi connectivity index (χ1n) is 10.5. The van der Waals surface area contributed by atoms with Crippen molar-refractivity contribution >= 4 is 51.4 Å². The van der Waals surface area contributed by atoms with Crippen molar-refractivity contribution in [3.05, 3.63) is 105 Å². The fraction of sp³-hybridized carbons (Fsp3) is 0.0833. The number of halogens is 2. The predicted octanol–water partition coefficient (Wildman–Crippen LogP) is 6.10. The van der Waals surface area contributed by atoms with Crippen LogP contribution in [-0.4, -0.2) is 26.5 Å². The molecule has 1 heterocycles. The van der Waals surface area contributed by atoms with Crippen molar-refractivity contribution in [2.24, 2.45) is 0 Å². The van der Waals surface area contributed by atoms with Crippen LogP contribution in [0.2, 0.25) is 0 Å².